The summed E-state index contributed by atoms with van der Waals surface area (Å²) in [7, 11) is 0. The molecule has 8 heteroatoms. The Hall–Kier alpha value is -1.19. The molecule has 4 saturated heterocycles. The van der Waals surface area contributed by atoms with Gasteiger partial charge < -0.3 is 14.8 Å². The Labute approximate surface area is 186 Å². The predicted octanol–water partition coefficient (Wildman–Crippen LogP) is 4.71. The first-order chi connectivity index (χ1) is 14.8. The summed E-state index contributed by atoms with van der Waals surface area (Å²) in [5.74, 6) is 0.252. The number of anilines is 1. The van der Waals surface area contributed by atoms with Crippen LogP contribution in [0.1, 0.15) is 46.5 Å². The molecular weight excluding hydrogens is 421 g/mol. The Balaban J connectivity index is 1.30. The van der Waals surface area contributed by atoms with Crippen LogP contribution in [0.4, 0.5) is 10.1 Å². The smallest absolute Gasteiger partial charge is 0.234 e. The summed E-state index contributed by atoms with van der Waals surface area (Å²) < 4.78 is 25.9. The zero-order valence-corrected chi connectivity index (χ0v) is 19.0. The van der Waals surface area contributed by atoms with Crippen LogP contribution in [0.25, 0.3) is 0 Å². The first kappa shape index (κ1) is 21.6. The van der Waals surface area contributed by atoms with Crippen molar-refractivity contribution in [1.29, 1.82) is 0 Å². The zero-order valence-electron chi connectivity index (χ0n) is 18.1. The maximum absolute atomic E-state index is 13.1. The molecule has 4 heterocycles. The maximum atomic E-state index is 13.1. The molecule has 6 rings (SSSR count). The molecule has 1 saturated carbocycles. The number of hydrogen-bond donors (Lipinski definition) is 1. The number of halogens is 1. The van der Waals surface area contributed by atoms with Gasteiger partial charge in [0.2, 0.25) is 11.7 Å². The van der Waals surface area contributed by atoms with Crippen LogP contribution in [0.3, 0.4) is 0 Å². The van der Waals surface area contributed by atoms with Gasteiger partial charge in [-0.25, -0.2) is 14.2 Å². The fraction of sp³-hybridized carbons (Fsp3) is 0.696. The van der Waals surface area contributed by atoms with Gasteiger partial charge in [0.25, 0.3) is 0 Å². The van der Waals surface area contributed by atoms with E-state index >= 15 is 0 Å². The van der Waals surface area contributed by atoms with E-state index < -0.39 is 17.7 Å². The van der Waals surface area contributed by atoms with Gasteiger partial charge in [-0.3, -0.25) is 4.79 Å². The van der Waals surface area contributed by atoms with E-state index in [9.17, 15) is 9.18 Å². The summed E-state index contributed by atoms with van der Waals surface area (Å²) in [4.78, 5) is 24.5. The Morgan fingerprint density at radius 2 is 1.94 bits per heavy atom. The second-order valence-corrected chi connectivity index (χ2v) is 10.7. The van der Waals surface area contributed by atoms with E-state index in [0.717, 1.165) is 25.7 Å². The molecule has 0 unspecified atom stereocenters. The number of rotatable bonds is 4. The fourth-order valence-corrected chi connectivity index (χ4v) is 7.01. The molecular formula is C23H30FNO5S. The first-order valence-electron chi connectivity index (χ1n) is 11.2. The quantitative estimate of drug-likeness (QED) is 0.669. The molecule has 1 amide bonds. The minimum atomic E-state index is -0.798. The standard InChI is InChI=1S/C23H30FNO5S/c1-13-4-9-18-14(2)20(31-12-19(26)25-16-7-5-15(24)6-8-16)27-21-23(18)17(13)10-11-22(3,28-21)29-30-23/h5-8,13-14,17-18,20-21H,4,9-12H2,1-3H3,(H,25,26)/t13-,14-,17+,18+,20+,21-,22+,23-/m1/s1. The van der Waals surface area contributed by atoms with Crippen LogP contribution in [0.2, 0.25) is 0 Å². The molecule has 1 N–H and O–H groups in total. The highest BCUT2D eigenvalue weighted by molar-refractivity contribution is 8.00. The van der Waals surface area contributed by atoms with Gasteiger partial charge in [-0.1, -0.05) is 13.8 Å². The highest BCUT2D eigenvalue weighted by Gasteiger charge is 2.69. The van der Waals surface area contributed by atoms with E-state index in [0.29, 0.717) is 17.5 Å². The second kappa shape index (κ2) is 7.99. The number of amides is 1. The number of benzene rings is 1. The van der Waals surface area contributed by atoms with Gasteiger partial charge in [-0.05, 0) is 68.2 Å². The van der Waals surface area contributed by atoms with Crippen molar-refractivity contribution >= 4 is 23.4 Å². The zero-order chi connectivity index (χ0) is 21.8. The molecule has 1 aromatic carbocycles. The van der Waals surface area contributed by atoms with Crippen molar-refractivity contribution in [2.45, 2.75) is 69.6 Å². The summed E-state index contributed by atoms with van der Waals surface area (Å²) in [6.45, 7) is 6.39. The van der Waals surface area contributed by atoms with Gasteiger partial charge in [-0.2, -0.15) is 0 Å². The van der Waals surface area contributed by atoms with Gasteiger partial charge in [0, 0.05) is 18.0 Å². The maximum Gasteiger partial charge on any atom is 0.234 e. The molecule has 5 fully saturated rings. The van der Waals surface area contributed by atoms with Crippen molar-refractivity contribution in [1.82, 2.24) is 0 Å². The molecule has 1 aliphatic carbocycles. The molecule has 170 valence electrons. The Kier molecular flexibility index (Phi) is 5.58. The van der Waals surface area contributed by atoms with Crippen molar-refractivity contribution in [2.24, 2.45) is 23.7 Å². The number of carbonyl (C=O) groups is 1. The van der Waals surface area contributed by atoms with E-state index in [1.54, 1.807) is 12.1 Å². The minimum absolute atomic E-state index is 0.141. The molecule has 0 aromatic heterocycles. The Morgan fingerprint density at radius 1 is 1.16 bits per heavy atom. The number of nitrogens with one attached hydrogen (secondary N) is 1. The normalized spacial score (nSPS) is 43.7. The van der Waals surface area contributed by atoms with E-state index in [1.807, 2.05) is 6.92 Å². The molecule has 4 aliphatic heterocycles. The monoisotopic (exact) mass is 451 g/mol. The van der Waals surface area contributed by atoms with Gasteiger partial charge in [-0.15, -0.1) is 11.8 Å². The first-order valence-corrected chi connectivity index (χ1v) is 12.2. The van der Waals surface area contributed by atoms with Crippen LogP contribution in [-0.2, 0) is 24.0 Å². The summed E-state index contributed by atoms with van der Waals surface area (Å²) in [6.07, 6.45) is 3.46. The van der Waals surface area contributed by atoms with Gasteiger partial charge in [0.15, 0.2) is 11.9 Å². The largest absolute Gasteiger partial charge is 0.335 e. The third-order valence-corrected chi connectivity index (χ3v) is 8.90. The number of hydrogen-bond acceptors (Lipinski definition) is 6. The molecule has 5 aliphatic rings. The van der Waals surface area contributed by atoms with Crippen LogP contribution < -0.4 is 5.32 Å². The number of fused-ring (bicyclic) bond motifs is 2. The van der Waals surface area contributed by atoms with Gasteiger partial charge in [0.1, 0.15) is 11.3 Å². The third-order valence-electron chi connectivity index (χ3n) is 7.60. The fourth-order valence-electron chi connectivity index (χ4n) is 5.95. The lowest BCUT2D eigenvalue weighted by Crippen LogP contribution is -2.70. The molecule has 8 atom stereocenters. The summed E-state index contributed by atoms with van der Waals surface area (Å²) >= 11 is 1.48. The second-order valence-electron chi connectivity index (χ2n) is 9.64. The van der Waals surface area contributed by atoms with Crippen LogP contribution >= 0.6 is 11.8 Å². The highest BCUT2D eigenvalue weighted by atomic mass is 32.2. The SMILES string of the molecule is C[C@H]1[C@H](SCC(=O)Nc2ccc(F)cc2)O[C@@H]2O[C@]3(C)CC[C@H]4[C@H](C)CC[C@@H]1[C@@]24OO3. The van der Waals surface area contributed by atoms with Crippen LogP contribution in [0.15, 0.2) is 24.3 Å². The lowest BCUT2D eigenvalue weighted by Gasteiger charge is -2.60. The summed E-state index contributed by atoms with van der Waals surface area (Å²) in [5.41, 5.74) is -0.184. The van der Waals surface area contributed by atoms with E-state index in [4.69, 9.17) is 19.2 Å². The molecule has 2 bridgehead atoms. The predicted molar refractivity (Wildman–Crippen MR) is 114 cm³/mol. The highest BCUT2D eigenvalue weighted by Crippen LogP contribution is 2.61. The topological polar surface area (TPSA) is 66.0 Å². The Morgan fingerprint density at radius 3 is 2.71 bits per heavy atom. The van der Waals surface area contributed by atoms with Crippen LogP contribution in [0, 0.1) is 29.5 Å². The van der Waals surface area contributed by atoms with Gasteiger partial charge >= 0.3 is 0 Å². The minimum Gasteiger partial charge on any atom is -0.335 e. The summed E-state index contributed by atoms with van der Waals surface area (Å²) in [5, 5.41) is 2.81. The molecule has 0 radical (unpaired) electrons. The van der Waals surface area contributed by atoms with Crippen LogP contribution in [-0.4, -0.2) is 34.8 Å². The third kappa shape index (κ3) is 3.70. The molecule has 6 nitrogen and oxygen atoms in total. The Bertz CT molecular complexity index is 840. The number of carbonyl (C=O) groups excluding carboxylic acids is 1. The van der Waals surface area contributed by atoms with Crippen molar-refractivity contribution in [3.63, 3.8) is 0 Å². The lowest BCUT2D eigenvalue weighted by atomic mass is 9.58. The van der Waals surface area contributed by atoms with E-state index in [-0.39, 0.29) is 34.7 Å². The van der Waals surface area contributed by atoms with Crippen molar-refractivity contribution in [2.75, 3.05) is 11.1 Å². The number of thioether (sulfide) groups is 1. The number of ether oxygens (including phenoxy) is 2. The average molecular weight is 452 g/mol. The molecule has 31 heavy (non-hydrogen) atoms. The van der Waals surface area contributed by atoms with Crippen molar-refractivity contribution in [3.05, 3.63) is 30.1 Å². The molecule has 1 aromatic rings. The van der Waals surface area contributed by atoms with Crippen LogP contribution in [0.5, 0.6) is 0 Å². The van der Waals surface area contributed by atoms with E-state index in [2.05, 4.69) is 19.2 Å². The van der Waals surface area contributed by atoms with Crippen molar-refractivity contribution < 1.29 is 28.4 Å². The lowest BCUT2D eigenvalue weighted by molar-refractivity contribution is -0.568. The van der Waals surface area contributed by atoms with Gasteiger partial charge in [0.05, 0.1) is 5.75 Å². The average Bonchev–Trinajstić information content (AvgIpc) is 2.97. The van der Waals surface area contributed by atoms with E-state index in [1.165, 1.54) is 23.9 Å². The summed E-state index contributed by atoms with van der Waals surface area (Å²) in [6, 6.07) is 5.77. The molecule has 1 spiro atoms. The van der Waals surface area contributed by atoms with Crippen molar-refractivity contribution in [3.8, 4) is 0 Å².